The molecule has 3 nitrogen and oxygen atoms in total. The second kappa shape index (κ2) is 6.45. The first kappa shape index (κ1) is 14.6. The van der Waals surface area contributed by atoms with Gasteiger partial charge in [0.05, 0.1) is 12.5 Å². The molecule has 1 atom stereocenters. The minimum atomic E-state index is -0.493. The molecule has 1 aromatic carbocycles. The Balaban J connectivity index is 3.07. The van der Waals surface area contributed by atoms with E-state index < -0.39 is 6.10 Å². The molecule has 1 amide bonds. The zero-order chi connectivity index (χ0) is 13.0. The van der Waals surface area contributed by atoms with Crippen LogP contribution >= 0.6 is 34.8 Å². The Labute approximate surface area is 115 Å². The average molecular weight is 297 g/mol. The van der Waals surface area contributed by atoms with Crippen LogP contribution in [0.2, 0.25) is 15.1 Å². The number of carbonyl (C=O) groups is 1. The highest BCUT2D eigenvalue weighted by atomic mass is 35.5. The zero-order valence-corrected chi connectivity index (χ0v) is 11.7. The largest absolute Gasteiger partial charge is 0.376 e. The van der Waals surface area contributed by atoms with Gasteiger partial charge in [-0.15, -0.1) is 0 Å². The van der Waals surface area contributed by atoms with Crippen LogP contribution < -0.4 is 5.32 Å². The first-order chi connectivity index (χ1) is 7.99. The van der Waals surface area contributed by atoms with E-state index in [2.05, 4.69) is 5.32 Å². The maximum Gasteiger partial charge on any atom is 0.222 e. The summed E-state index contributed by atoms with van der Waals surface area (Å²) in [7, 11) is 3.05. The molecule has 0 aliphatic carbocycles. The molecular formula is C11H12Cl3NO2. The number of benzene rings is 1. The van der Waals surface area contributed by atoms with Crippen LogP contribution in [0.25, 0.3) is 0 Å². The van der Waals surface area contributed by atoms with Crippen molar-refractivity contribution in [3.05, 3.63) is 32.8 Å². The Morgan fingerprint density at radius 3 is 2.29 bits per heavy atom. The van der Waals surface area contributed by atoms with E-state index in [0.717, 1.165) is 0 Å². The first-order valence-corrected chi connectivity index (χ1v) is 6.00. The van der Waals surface area contributed by atoms with Crippen molar-refractivity contribution in [3.63, 3.8) is 0 Å². The number of nitrogens with one attached hydrogen (secondary N) is 1. The Morgan fingerprint density at radius 2 is 1.88 bits per heavy atom. The van der Waals surface area contributed by atoms with Crippen LogP contribution in [-0.4, -0.2) is 20.1 Å². The molecular weight excluding hydrogens is 284 g/mol. The van der Waals surface area contributed by atoms with Crippen LogP contribution in [-0.2, 0) is 9.53 Å². The van der Waals surface area contributed by atoms with E-state index in [1.165, 1.54) is 7.11 Å². The third-order valence-corrected chi connectivity index (χ3v) is 3.14. The SMILES string of the molecule is CNC(=O)CC(OC)c1c(Cl)cc(Cl)cc1Cl. The average Bonchev–Trinajstić information content (AvgIpc) is 2.25. The summed E-state index contributed by atoms with van der Waals surface area (Å²) in [4.78, 5) is 11.3. The number of rotatable bonds is 4. The van der Waals surface area contributed by atoms with E-state index in [1.54, 1.807) is 19.2 Å². The third kappa shape index (κ3) is 3.75. The maximum absolute atomic E-state index is 11.3. The fourth-order valence-electron chi connectivity index (χ4n) is 1.43. The molecule has 0 saturated heterocycles. The number of halogens is 3. The highest BCUT2D eigenvalue weighted by molar-refractivity contribution is 6.39. The molecule has 0 aliphatic heterocycles. The van der Waals surface area contributed by atoms with Gasteiger partial charge in [-0.1, -0.05) is 34.8 Å². The van der Waals surface area contributed by atoms with Crippen molar-refractivity contribution in [2.24, 2.45) is 0 Å². The normalized spacial score (nSPS) is 12.3. The molecule has 6 heteroatoms. The van der Waals surface area contributed by atoms with Gasteiger partial charge in [-0.2, -0.15) is 0 Å². The van der Waals surface area contributed by atoms with Crippen molar-refractivity contribution < 1.29 is 9.53 Å². The summed E-state index contributed by atoms with van der Waals surface area (Å²) in [6.45, 7) is 0. The molecule has 1 aromatic rings. The van der Waals surface area contributed by atoms with Crippen LogP contribution in [0.1, 0.15) is 18.1 Å². The molecule has 1 rings (SSSR count). The monoisotopic (exact) mass is 295 g/mol. The Bertz CT molecular complexity index is 400. The molecule has 94 valence electrons. The second-order valence-corrected chi connectivity index (χ2v) is 4.64. The van der Waals surface area contributed by atoms with Crippen LogP contribution in [0, 0.1) is 0 Å². The lowest BCUT2D eigenvalue weighted by Gasteiger charge is -2.18. The van der Waals surface area contributed by atoms with E-state index in [-0.39, 0.29) is 12.3 Å². The van der Waals surface area contributed by atoms with E-state index >= 15 is 0 Å². The smallest absolute Gasteiger partial charge is 0.222 e. The predicted molar refractivity (Wildman–Crippen MR) is 69.9 cm³/mol. The van der Waals surface area contributed by atoms with Gasteiger partial charge in [0.2, 0.25) is 5.91 Å². The summed E-state index contributed by atoms with van der Waals surface area (Å²) in [5.74, 6) is -0.154. The minimum absolute atomic E-state index is 0.147. The standard InChI is InChI=1S/C11H12Cl3NO2/c1-15-10(16)5-9(17-2)11-7(13)3-6(12)4-8(11)14/h3-4,9H,5H2,1-2H3,(H,15,16). The fraction of sp³-hybridized carbons (Fsp3) is 0.364. The quantitative estimate of drug-likeness (QED) is 0.924. The number of ether oxygens (including phenoxy) is 1. The van der Waals surface area contributed by atoms with Crippen LogP contribution in [0.15, 0.2) is 12.1 Å². The summed E-state index contributed by atoms with van der Waals surface area (Å²) < 4.78 is 5.24. The number of methoxy groups -OCH3 is 1. The molecule has 1 unspecified atom stereocenters. The van der Waals surface area contributed by atoms with Gasteiger partial charge in [0.15, 0.2) is 0 Å². The second-order valence-electron chi connectivity index (χ2n) is 3.38. The van der Waals surface area contributed by atoms with Crippen molar-refractivity contribution in [3.8, 4) is 0 Å². The lowest BCUT2D eigenvalue weighted by Crippen LogP contribution is -2.21. The van der Waals surface area contributed by atoms with Crippen molar-refractivity contribution in [2.75, 3.05) is 14.2 Å². The van der Waals surface area contributed by atoms with Gasteiger partial charge in [-0.25, -0.2) is 0 Å². The van der Waals surface area contributed by atoms with E-state index in [1.807, 2.05) is 0 Å². The number of hydrogen-bond donors (Lipinski definition) is 1. The maximum atomic E-state index is 11.3. The van der Waals surface area contributed by atoms with Crippen molar-refractivity contribution in [2.45, 2.75) is 12.5 Å². The van der Waals surface area contributed by atoms with Gasteiger partial charge >= 0.3 is 0 Å². The van der Waals surface area contributed by atoms with E-state index in [0.29, 0.717) is 20.6 Å². The van der Waals surface area contributed by atoms with Crippen LogP contribution in [0.4, 0.5) is 0 Å². The van der Waals surface area contributed by atoms with E-state index in [9.17, 15) is 4.79 Å². The summed E-state index contributed by atoms with van der Waals surface area (Å²) in [5, 5.41) is 3.74. The van der Waals surface area contributed by atoms with Crippen molar-refractivity contribution in [1.29, 1.82) is 0 Å². The summed E-state index contributed by atoms with van der Waals surface area (Å²) in [6.07, 6.45) is -0.346. The number of carbonyl (C=O) groups excluding carboxylic acids is 1. The summed E-state index contributed by atoms with van der Waals surface area (Å²) >= 11 is 17.9. The molecule has 0 aromatic heterocycles. The number of amides is 1. The van der Waals surface area contributed by atoms with Gasteiger partial charge in [0.25, 0.3) is 0 Å². The van der Waals surface area contributed by atoms with Crippen LogP contribution in [0.5, 0.6) is 0 Å². The summed E-state index contributed by atoms with van der Waals surface area (Å²) in [5.41, 5.74) is 0.573. The molecule has 0 heterocycles. The molecule has 0 bridgehead atoms. The zero-order valence-electron chi connectivity index (χ0n) is 9.39. The van der Waals surface area contributed by atoms with Gasteiger partial charge in [-0.05, 0) is 12.1 Å². The van der Waals surface area contributed by atoms with Crippen LogP contribution in [0.3, 0.4) is 0 Å². The molecule has 0 aliphatic rings. The topological polar surface area (TPSA) is 38.3 Å². The molecule has 1 N–H and O–H groups in total. The Hall–Kier alpha value is -0.480. The predicted octanol–water partition coefficient (Wildman–Crippen LogP) is 3.47. The molecule has 0 fully saturated rings. The highest BCUT2D eigenvalue weighted by Crippen LogP contribution is 2.36. The molecule has 0 spiro atoms. The lowest BCUT2D eigenvalue weighted by molar-refractivity contribution is -0.123. The van der Waals surface area contributed by atoms with Gasteiger partial charge in [0, 0.05) is 34.8 Å². The lowest BCUT2D eigenvalue weighted by atomic mass is 10.1. The van der Waals surface area contributed by atoms with E-state index in [4.69, 9.17) is 39.5 Å². The Morgan fingerprint density at radius 1 is 1.35 bits per heavy atom. The van der Waals surface area contributed by atoms with Crippen molar-refractivity contribution >= 4 is 40.7 Å². The third-order valence-electron chi connectivity index (χ3n) is 2.30. The van der Waals surface area contributed by atoms with Gasteiger partial charge < -0.3 is 10.1 Å². The molecule has 0 saturated carbocycles. The number of hydrogen-bond acceptors (Lipinski definition) is 2. The molecule has 0 radical (unpaired) electrons. The van der Waals surface area contributed by atoms with Crippen molar-refractivity contribution in [1.82, 2.24) is 5.32 Å². The summed E-state index contributed by atoms with van der Waals surface area (Å²) in [6, 6.07) is 3.14. The Kier molecular flexibility index (Phi) is 5.53. The van der Waals surface area contributed by atoms with Gasteiger partial charge in [0.1, 0.15) is 0 Å². The first-order valence-electron chi connectivity index (χ1n) is 4.87. The minimum Gasteiger partial charge on any atom is -0.376 e. The van der Waals surface area contributed by atoms with Gasteiger partial charge in [-0.3, -0.25) is 4.79 Å². The highest BCUT2D eigenvalue weighted by Gasteiger charge is 2.21. The molecule has 17 heavy (non-hydrogen) atoms. The fourth-order valence-corrected chi connectivity index (χ4v) is 2.50.